The molecule has 5 nitrogen and oxygen atoms in total. The predicted octanol–water partition coefficient (Wildman–Crippen LogP) is 5.47. The molecule has 0 amide bonds. The minimum absolute atomic E-state index is 0.646. The number of pyridine rings is 1. The van der Waals surface area contributed by atoms with E-state index in [0.29, 0.717) is 5.02 Å². The lowest BCUT2D eigenvalue weighted by atomic mass is 10.1. The second-order valence-electron chi connectivity index (χ2n) is 6.68. The van der Waals surface area contributed by atoms with Gasteiger partial charge in [0.15, 0.2) is 0 Å². The monoisotopic (exact) mass is 392 g/mol. The van der Waals surface area contributed by atoms with Crippen molar-refractivity contribution in [2.75, 3.05) is 31.4 Å². The molecular formula is C22H21ClN4O. The predicted molar refractivity (Wildman–Crippen MR) is 116 cm³/mol. The number of imidazole rings is 1. The maximum absolute atomic E-state index is 6.25. The molecule has 0 radical (unpaired) electrons. The number of ether oxygens (including phenoxy) is 1. The molecule has 0 fully saturated rings. The molecule has 0 unspecified atom stereocenters. The summed E-state index contributed by atoms with van der Waals surface area (Å²) in [4.78, 5) is 6.91. The maximum atomic E-state index is 6.25. The summed E-state index contributed by atoms with van der Waals surface area (Å²) >= 11 is 6.25. The van der Waals surface area contributed by atoms with Crippen LogP contribution in [0, 0.1) is 0 Å². The fourth-order valence-electron chi connectivity index (χ4n) is 3.09. The first-order valence-corrected chi connectivity index (χ1v) is 9.29. The molecule has 6 heteroatoms. The fourth-order valence-corrected chi connectivity index (χ4v) is 3.26. The molecule has 4 aromatic rings. The van der Waals surface area contributed by atoms with E-state index in [1.165, 1.54) is 0 Å². The number of anilines is 3. The van der Waals surface area contributed by atoms with Crippen LogP contribution in [0.15, 0.2) is 66.9 Å². The van der Waals surface area contributed by atoms with Gasteiger partial charge in [-0.1, -0.05) is 29.8 Å². The van der Waals surface area contributed by atoms with Crippen molar-refractivity contribution in [3.05, 3.63) is 71.9 Å². The molecule has 2 aromatic heterocycles. The first-order valence-electron chi connectivity index (χ1n) is 8.91. The van der Waals surface area contributed by atoms with Crippen LogP contribution in [0.1, 0.15) is 0 Å². The first-order chi connectivity index (χ1) is 13.5. The van der Waals surface area contributed by atoms with Gasteiger partial charge in [0.2, 0.25) is 0 Å². The molecule has 0 aliphatic carbocycles. The van der Waals surface area contributed by atoms with Gasteiger partial charge in [0, 0.05) is 43.3 Å². The van der Waals surface area contributed by atoms with Crippen LogP contribution in [-0.2, 0) is 0 Å². The largest absolute Gasteiger partial charge is 0.497 e. The zero-order valence-electron chi connectivity index (χ0n) is 16.0. The van der Waals surface area contributed by atoms with Gasteiger partial charge < -0.3 is 15.0 Å². The number of hydrogen-bond donors (Lipinski definition) is 1. The van der Waals surface area contributed by atoms with E-state index in [-0.39, 0.29) is 0 Å². The Kier molecular flexibility index (Phi) is 4.84. The van der Waals surface area contributed by atoms with Crippen molar-refractivity contribution in [3.8, 4) is 17.0 Å². The Morgan fingerprint density at radius 1 is 1.04 bits per heavy atom. The second-order valence-corrected chi connectivity index (χ2v) is 7.12. The molecule has 142 valence electrons. The van der Waals surface area contributed by atoms with Gasteiger partial charge in [0.25, 0.3) is 0 Å². The number of hydrogen-bond acceptors (Lipinski definition) is 4. The standard InChI is InChI=1S/C22H21ClN4O/c1-26(2)18-10-7-15(8-11-18)21-22(24-17-5-4-6-19(13-17)28-3)27-14-16(23)9-12-20(27)25-21/h4-14,24H,1-3H3. The summed E-state index contributed by atoms with van der Waals surface area (Å²) < 4.78 is 7.31. The Labute approximate surface area is 169 Å². The number of nitrogens with one attached hydrogen (secondary N) is 1. The number of fused-ring (bicyclic) bond motifs is 1. The highest BCUT2D eigenvalue weighted by Gasteiger charge is 2.15. The fraction of sp³-hybridized carbons (Fsp3) is 0.136. The van der Waals surface area contributed by atoms with E-state index in [2.05, 4.69) is 34.5 Å². The first kappa shape index (κ1) is 18.2. The zero-order chi connectivity index (χ0) is 19.7. The van der Waals surface area contributed by atoms with Crippen LogP contribution in [-0.4, -0.2) is 30.6 Å². The summed E-state index contributed by atoms with van der Waals surface area (Å²) in [6, 6.07) is 19.9. The van der Waals surface area contributed by atoms with Crippen LogP contribution >= 0.6 is 11.6 Å². The van der Waals surface area contributed by atoms with E-state index in [1.807, 2.05) is 61.1 Å². The molecule has 0 spiro atoms. The number of aromatic nitrogens is 2. The Bertz CT molecular complexity index is 1120. The van der Waals surface area contributed by atoms with Crippen molar-refractivity contribution >= 4 is 34.4 Å². The van der Waals surface area contributed by atoms with Crippen LogP contribution in [0.5, 0.6) is 5.75 Å². The molecule has 28 heavy (non-hydrogen) atoms. The minimum Gasteiger partial charge on any atom is -0.497 e. The Morgan fingerprint density at radius 3 is 2.54 bits per heavy atom. The van der Waals surface area contributed by atoms with Crippen molar-refractivity contribution in [1.82, 2.24) is 9.38 Å². The zero-order valence-corrected chi connectivity index (χ0v) is 16.7. The third-order valence-electron chi connectivity index (χ3n) is 4.57. The summed E-state index contributed by atoms with van der Waals surface area (Å²) in [7, 11) is 5.71. The third-order valence-corrected chi connectivity index (χ3v) is 4.80. The normalized spacial score (nSPS) is 10.9. The number of benzene rings is 2. The van der Waals surface area contributed by atoms with E-state index in [4.69, 9.17) is 21.3 Å². The van der Waals surface area contributed by atoms with E-state index in [1.54, 1.807) is 7.11 Å². The molecule has 0 saturated carbocycles. The van der Waals surface area contributed by atoms with Crippen molar-refractivity contribution in [3.63, 3.8) is 0 Å². The topological polar surface area (TPSA) is 41.8 Å². The van der Waals surface area contributed by atoms with Gasteiger partial charge in [-0.05, 0) is 36.4 Å². The average molecular weight is 393 g/mol. The van der Waals surface area contributed by atoms with Crippen LogP contribution < -0.4 is 15.0 Å². The molecule has 0 bridgehead atoms. The van der Waals surface area contributed by atoms with Gasteiger partial charge in [-0.15, -0.1) is 0 Å². The van der Waals surface area contributed by atoms with E-state index in [9.17, 15) is 0 Å². The quantitative estimate of drug-likeness (QED) is 0.488. The highest BCUT2D eigenvalue weighted by Crippen LogP contribution is 2.33. The van der Waals surface area contributed by atoms with Gasteiger partial charge in [-0.25, -0.2) is 4.98 Å². The molecule has 0 aliphatic heterocycles. The molecule has 0 aliphatic rings. The number of methoxy groups -OCH3 is 1. The van der Waals surface area contributed by atoms with Gasteiger partial charge >= 0.3 is 0 Å². The van der Waals surface area contributed by atoms with Gasteiger partial charge in [-0.2, -0.15) is 0 Å². The SMILES string of the molecule is COc1cccc(Nc2c(-c3ccc(N(C)C)cc3)nc3ccc(Cl)cn23)c1. The molecular weight excluding hydrogens is 372 g/mol. The van der Waals surface area contributed by atoms with Gasteiger partial charge in [0.05, 0.1) is 12.1 Å². The molecule has 2 heterocycles. The van der Waals surface area contributed by atoms with Gasteiger partial charge in [-0.3, -0.25) is 4.40 Å². The van der Waals surface area contributed by atoms with Crippen molar-refractivity contribution in [2.24, 2.45) is 0 Å². The lowest BCUT2D eigenvalue weighted by Gasteiger charge is -2.13. The Balaban J connectivity index is 1.84. The van der Waals surface area contributed by atoms with E-state index >= 15 is 0 Å². The van der Waals surface area contributed by atoms with E-state index < -0.39 is 0 Å². The average Bonchev–Trinajstić information content (AvgIpc) is 3.06. The molecule has 4 rings (SSSR count). The number of nitrogens with zero attached hydrogens (tertiary/aromatic N) is 3. The molecule has 2 aromatic carbocycles. The molecule has 0 saturated heterocycles. The van der Waals surface area contributed by atoms with Crippen LogP contribution in [0.25, 0.3) is 16.9 Å². The van der Waals surface area contributed by atoms with Crippen LogP contribution in [0.4, 0.5) is 17.2 Å². The van der Waals surface area contributed by atoms with Crippen molar-refractivity contribution in [1.29, 1.82) is 0 Å². The Hall–Kier alpha value is -3.18. The summed E-state index contributed by atoms with van der Waals surface area (Å²) in [5, 5.41) is 4.13. The molecule has 1 N–H and O–H groups in total. The number of rotatable bonds is 5. The lowest BCUT2D eigenvalue weighted by Crippen LogP contribution is -2.07. The maximum Gasteiger partial charge on any atom is 0.143 e. The van der Waals surface area contributed by atoms with Crippen LogP contribution in [0.2, 0.25) is 5.02 Å². The Morgan fingerprint density at radius 2 is 1.82 bits per heavy atom. The summed E-state index contributed by atoms with van der Waals surface area (Å²) in [5.41, 5.74) is 4.75. The smallest absolute Gasteiger partial charge is 0.143 e. The third kappa shape index (κ3) is 3.49. The summed E-state index contributed by atoms with van der Waals surface area (Å²) in [5.74, 6) is 1.64. The number of halogens is 1. The van der Waals surface area contributed by atoms with Crippen molar-refractivity contribution in [2.45, 2.75) is 0 Å². The van der Waals surface area contributed by atoms with E-state index in [0.717, 1.165) is 39.8 Å². The molecule has 0 atom stereocenters. The highest BCUT2D eigenvalue weighted by molar-refractivity contribution is 6.30. The summed E-state index contributed by atoms with van der Waals surface area (Å²) in [6.45, 7) is 0. The van der Waals surface area contributed by atoms with Crippen LogP contribution in [0.3, 0.4) is 0 Å². The minimum atomic E-state index is 0.646. The second kappa shape index (κ2) is 7.44. The van der Waals surface area contributed by atoms with Crippen molar-refractivity contribution < 1.29 is 4.74 Å². The van der Waals surface area contributed by atoms with Gasteiger partial charge in [0.1, 0.15) is 22.9 Å². The highest BCUT2D eigenvalue weighted by atomic mass is 35.5. The lowest BCUT2D eigenvalue weighted by molar-refractivity contribution is 0.415. The summed E-state index contributed by atoms with van der Waals surface area (Å²) in [6.07, 6.45) is 1.87.